The van der Waals surface area contributed by atoms with Gasteiger partial charge in [-0.15, -0.1) is 0 Å². The SMILES string of the molecule is COc1cc(CC(C)c2cnc3c(F)cccn23)cn2c(C(C)C)cnc12. The molecular formula is C21H23FN4O. The zero-order valence-electron chi connectivity index (χ0n) is 16.0. The number of hydrogen-bond acceptors (Lipinski definition) is 3. The Morgan fingerprint density at radius 3 is 2.56 bits per heavy atom. The highest BCUT2D eigenvalue weighted by Crippen LogP contribution is 2.28. The van der Waals surface area contributed by atoms with Crippen molar-refractivity contribution < 1.29 is 9.13 Å². The van der Waals surface area contributed by atoms with Crippen molar-refractivity contribution in [2.45, 2.75) is 39.0 Å². The number of fused-ring (bicyclic) bond motifs is 2. The number of halogens is 1. The first-order valence-electron chi connectivity index (χ1n) is 9.15. The molecule has 5 nitrogen and oxygen atoms in total. The van der Waals surface area contributed by atoms with Gasteiger partial charge in [0.1, 0.15) is 0 Å². The summed E-state index contributed by atoms with van der Waals surface area (Å²) in [6.45, 7) is 6.43. The van der Waals surface area contributed by atoms with E-state index >= 15 is 0 Å². The molecule has 1 unspecified atom stereocenters. The maximum atomic E-state index is 13.9. The van der Waals surface area contributed by atoms with E-state index in [1.165, 1.54) is 6.07 Å². The number of nitrogens with zero attached hydrogens (tertiary/aromatic N) is 4. The van der Waals surface area contributed by atoms with Gasteiger partial charge in [-0.25, -0.2) is 14.4 Å². The molecule has 0 aromatic carbocycles. The van der Waals surface area contributed by atoms with Gasteiger partial charge in [-0.05, 0) is 36.1 Å². The Morgan fingerprint density at radius 2 is 1.81 bits per heavy atom. The van der Waals surface area contributed by atoms with Gasteiger partial charge in [0.25, 0.3) is 0 Å². The minimum atomic E-state index is -0.306. The fourth-order valence-electron chi connectivity index (χ4n) is 3.64. The normalized spacial score (nSPS) is 13.0. The van der Waals surface area contributed by atoms with Crippen LogP contribution in [-0.2, 0) is 6.42 Å². The molecule has 4 heterocycles. The van der Waals surface area contributed by atoms with E-state index in [1.807, 2.05) is 22.9 Å². The van der Waals surface area contributed by atoms with Crippen molar-refractivity contribution in [1.82, 2.24) is 18.8 Å². The number of rotatable bonds is 5. The summed E-state index contributed by atoms with van der Waals surface area (Å²) in [7, 11) is 1.67. The molecule has 140 valence electrons. The molecule has 0 aliphatic carbocycles. The van der Waals surface area contributed by atoms with E-state index in [0.29, 0.717) is 11.6 Å². The van der Waals surface area contributed by atoms with Gasteiger partial charge < -0.3 is 13.5 Å². The van der Waals surface area contributed by atoms with Gasteiger partial charge in [-0.2, -0.15) is 0 Å². The predicted octanol–water partition coefficient (Wildman–Crippen LogP) is 4.60. The second kappa shape index (κ2) is 6.68. The van der Waals surface area contributed by atoms with Crippen LogP contribution in [0, 0.1) is 5.82 Å². The Morgan fingerprint density at radius 1 is 1.07 bits per heavy atom. The standard InChI is InChI=1S/C21H23FN4O/c1-13(2)17-10-24-21-19(27-4)9-15(12-26(17)21)8-14(3)18-11-23-20-16(22)6-5-7-25(18)20/h5-7,9-14H,8H2,1-4H3. The van der Waals surface area contributed by atoms with Crippen molar-refractivity contribution in [2.75, 3.05) is 7.11 Å². The Balaban J connectivity index is 1.73. The molecule has 0 saturated carbocycles. The largest absolute Gasteiger partial charge is 0.493 e. The zero-order valence-corrected chi connectivity index (χ0v) is 16.0. The van der Waals surface area contributed by atoms with Gasteiger partial charge in [-0.3, -0.25) is 0 Å². The van der Waals surface area contributed by atoms with Gasteiger partial charge in [0.2, 0.25) is 0 Å². The lowest BCUT2D eigenvalue weighted by atomic mass is 9.99. The van der Waals surface area contributed by atoms with E-state index in [4.69, 9.17) is 4.74 Å². The number of imidazole rings is 2. The number of methoxy groups -OCH3 is 1. The van der Waals surface area contributed by atoms with Crippen molar-refractivity contribution in [3.05, 3.63) is 65.8 Å². The Labute approximate surface area is 157 Å². The first-order chi connectivity index (χ1) is 13.0. The van der Waals surface area contributed by atoms with E-state index in [9.17, 15) is 4.39 Å². The molecule has 1 atom stereocenters. The van der Waals surface area contributed by atoms with Crippen LogP contribution >= 0.6 is 0 Å². The third kappa shape index (κ3) is 2.95. The Hall–Kier alpha value is -2.89. The van der Waals surface area contributed by atoms with Gasteiger partial charge in [0.15, 0.2) is 22.9 Å². The maximum Gasteiger partial charge on any atom is 0.179 e. The summed E-state index contributed by atoms with van der Waals surface area (Å²) in [5, 5.41) is 0. The van der Waals surface area contributed by atoms with Crippen LogP contribution in [0.1, 0.15) is 49.6 Å². The fourth-order valence-corrected chi connectivity index (χ4v) is 3.64. The highest BCUT2D eigenvalue weighted by Gasteiger charge is 2.17. The summed E-state index contributed by atoms with van der Waals surface area (Å²) in [6.07, 6.45) is 8.43. The monoisotopic (exact) mass is 366 g/mol. The minimum absolute atomic E-state index is 0.162. The number of hydrogen-bond donors (Lipinski definition) is 0. The molecule has 0 spiro atoms. The van der Waals surface area contributed by atoms with E-state index in [0.717, 1.165) is 34.8 Å². The molecule has 0 fully saturated rings. The molecular weight excluding hydrogens is 343 g/mol. The lowest BCUT2D eigenvalue weighted by Gasteiger charge is -2.14. The fraction of sp³-hybridized carbons (Fsp3) is 0.333. The average Bonchev–Trinajstić information content (AvgIpc) is 3.26. The van der Waals surface area contributed by atoms with Crippen LogP contribution in [0.2, 0.25) is 0 Å². The average molecular weight is 366 g/mol. The number of pyridine rings is 2. The summed E-state index contributed by atoms with van der Waals surface area (Å²) < 4.78 is 23.4. The van der Waals surface area contributed by atoms with Crippen LogP contribution < -0.4 is 4.74 Å². The Bertz CT molecular complexity index is 1110. The second-order valence-electron chi connectivity index (χ2n) is 7.29. The highest BCUT2D eigenvalue weighted by molar-refractivity contribution is 5.56. The molecule has 27 heavy (non-hydrogen) atoms. The molecule has 0 saturated heterocycles. The van der Waals surface area contributed by atoms with Gasteiger partial charge in [0.05, 0.1) is 7.11 Å². The zero-order chi connectivity index (χ0) is 19.1. The molecule has 4 aromatic rings. The molecule has 0 bridgehead atoms. The molecule has 0 aliphatic rings. The van der Waals surface area contributed by atoms with Crippen molar-refractivity contribution in [3.8, 4) is 5.75 Å². The molecule has 4 aromatic heterocycles. The van der Waals surface area contributed by atoms with E-state index in [1.54, 1.807) is 19.4 Å². The maximum absolute atomic E-state index is 13.9. The highest BCUT2D eigenvalue weighted by atomic mass is 19.1. The number of aromatic nitrogens is 4. The molecule has 0 radical (unpaired) electrons. The smallest absolute Gasteiger partial charge is 0.179 e. The van der Waals surface area contributed by atoms with Crippen molar-refractivity contribution >= 4 is 11.3 Å². The molecule has 4 rings (SSSR count). The second-order valence-corrected chi connectivity index (χ2v) is 7.29. The summed E-state index contributed by atoms with van der Waals surface area (Å²) in [4.78, 5) is 8.76. The lowest BCUT2D eigenvalue weighted by Crippen LogP contribution is -2.05. The van der Waals surface area contributed by atoms with E-state index < -0.39 is 0 Å². The van der Waals surface area contributed by atoms with Crippen LogP contribution in [0.5, 0.6) is 5.75 Å². The van der Waals surface area contributed by atoms with Crippen LogP contribution in [-0.4, -0.2) is 25.9 Å². The van der Waals surface area contributed by atoms with Gasteiger partial charge >= 0.3 is 0 Å². The van der Waals surface area contributed by atoms with Crippen LogP contribution in [0.15, 0.2) is 43.0 Å². The topological polar surface area (TPSA) is 43.8 Å². The number of ether oxygens (including phenoxy) is 1. The third-order valence-electron chi connectivity index (χ3n) is 5.03. The first kappa shape index (κ1) is 17.5. The van der Waals surface area contributed by atoms with Crippen LogP contribution in [0.25, 0.3) is 11.3 Å². The molecule has 0 N–H and O–H groups in total. The summed E-state index contributed by atoms with van der Waals surface area (Å²) >= 11 is 0. The minimum Gasteiger partial charge on any atom is -0.493 e. The van der Waals surface area contributed by atoms with Gasteiger partial charge in [0, 0.05) is 42.1 Å². The summed E-state index contributed by atoms with van der Waals surface area (Å²) in [6, 6.07) is 5.17. The quantitative estimate of drug-likeness (QED) is 0.518. The summed E-state index contributed by atoms with van der Waals surface area (Å²) in [5.41, 5.74) is 4.46. The van der Waals surface area contributed by atoms with Crippen LogP contribution in [0.4, 0.5) is 4.39 Å². The predicted molar refractivity (Wildman–Crippen MR) is 103 cm³/mol. The first-order valence-corrected chi connectivity index (χ1v) is 9.15. The summed E-state index contributed by atoms with van der Waals surface area (Å²) in [5.74, 6) is 0.976. The van der Waals surface area contributed by atoms with Crippen molar-refractivity contribution in [1.29, 1.82) is 0 Å². The van der Waals surface area contributed by atoms with Gasteiger partial charge in [-0.1, -0.05) is 20.8 Å². The lowest BCUT2D eigenvalue weighted by molar-refractivity contribution is 0.416. The molecule has 0 amide bonds. The van der Waals surface area contributed by atoms with Crippen LogP contribution in [0.3, 0.4) is 0 Å². The van der Waals surface area contributed by atoms with Crippen molar-refractivity contribution in [2.24, 2.45) is 0 Å². The third-order valence-corrected chi connectivity index (χ3v) is 5.03. The Kier molecular flexibility index (Phi) is 4.34. The molecule has 6 heteroatoms. The van der Waals surface area contributed by atoms with E-state index in [2.05, 4.69) is 41.3 Å². The van der Waals surface area contributed by atoms with E-state index in [-0.39, 0.29) is 11.7 Å². The molecule has 0 aliphatic heterocycles. The van der Waals surface area contributed by atoms with Crippen molar-refractivity contribution in [3.63, 3.8) is 0 Å².